The lowest BCUT2D eigenvalue weighted by Gasteiger charge is -2.04. The predicted molar refractivity (Wildman–Crippen MR) is 101 cm³/mol. The minimum Gasteiger partial charge on any atom is -0.507 e. The fraction of sp³-hybridized carbons (Fsp3) is 0.273. The lowest BCUT2D eigenvalue weighted by atomic mass is 10.0. The van der Waals surface area contributed by atoms with Crippen molar-refractivity contribution in [3.05, 3.63) is 66.4 Å². The number of hydrogen-bond donors (Lipinski definition) is 2. The quantitative estimate of drug-likeness (QED) is 0.501. The van der Waals surface area contributed by atoms with E-state index in [0.717, 1.165) is 17.7 Å². The van der Waals surface area contributed by atoms with Gasteiger partial charge in [0.05, 0.1) is 0 Å². The van der Waals surface area contributed by atoms with Crippen LogP contribution in [0.3, 0.4) is 0 Å². The maximum absolute atomic E-state index is 10.2. The van der Waals surface area contributed by atoms with Crippen LogP contribution in [0.4, 0.5) is 0 Å². The summed E-state index contributed by atoms with van der Waals surface area (Å²) in [6.07, 6.45) is 6.02. The number of phenolic OH excluding ortho intramolecular Hbond substituents is 1. The smallest absolute Gasteiger partial charge is 0.124 e. The van der Waals surface area contributed by atoms with Gasteiger partial charge in [-0.3, -0.25) is 0 Å². The molecule has 0 amide bonds. The second-order valence-electron chi connectivity index (χ2n) is 6.27. The molecule has 0 aliphatic carbocycles. The third-order valence-electron chi connectivity index (χ3n) is 4.46. The van der Waals surface area contributed by atoms with Crippen molar-refractivity contribution in [3.8, 4) is 28.1 Å². The summed E-state index contributed by atoms with van der Waals surface area (Å²) >= 11 is 0. The van der Waals surface area contributed by atoms with Crippen LogP contribution >= 0.6 is 0 Å². The highest BCUT2D eigenvalue weighted by Crippen LogP contribution is 2.34. The summed E-state index contributed by atoms with van der Waals surface area (Å²) in [4.78, 5) is 3.55. The number of para-hydroxylation sites is 1. The van der Waals surface area contributed by atoms with Crippen LogP contribution < -0.4 is 0 Å². The topological polar surface area (TPSA) is 36.0 Å². The Balaban J connectivity index is 1.95. The molecule has 3 rings (SSSR count). The number of nitrogens with one attached hydrogen (secondary N) is 1. The molecule has 0 radical (unpaired) electrons. The molecule has 0 atom stereocenters. The second-order valence-corrected chi connectivity index (χ2v) is 6.27. The van der Waals surface area contributed by atoms with E-state index in [-0.39, 0.29) is 0 Å². The molecule has 2 nitrogen and oxygen atoms in total. The van der Waals surface area contributed by atoms with Gasteiger partial charge in [0.15, 0.2) is 0 Å². The third-order valence-corrected chi connectivity index (χ3v) is 4.46. The van der Waals surface area contributed by atoms with Gasteiger partial charge in [-0.1, -0.05) is 68.7 Å². The maximum Gasteiger partial charge on any atom is 0.124 e. The van der Waals surface area contributed by atoms with E-state index in [0.29, 0.717) is 5.75 Å². The van der Waals surface area contributed by atoms with Gasteiger partial charge in [-0.25, -0.2) is 0 Å². The van der Waals surface area contributed by atoms with Gasteiger partial charge in [-0.2, -0.15) is 0 Å². The minimum atomic E-state index is 0.316. The van der Waals surface area contributed by atoms with Crippen LogP contribution in [-0.2, 0) is 6.42 Å². The Morgan fingerprint density at radius 2 is 1.58 bits per heavy atom. The summed E-state index contributed by atoms with van der Waals surface area (Å²) in [6.45, 7) is 2.24. The number of hydrogen-bond acceptors (Lipinski definition) is 1. The number of unbranched alkanes of at least 4 members (excludes halogenated alkanes) is 3. The van der Waals surface area contributed by atoms with Crippen molar-refractivity contribution in [2.75, 3.05) is 0 Å². The van der Waals surface area contributed by atoms with Gasteiger partial charge < -0.3 is 10.1 Å². The number of phenols is 1. The molecule has 2 heteroatoms. The van der Waals surface area contributed by atoms with E-state index in [2.05, 4.69) is 42.2 Å². The summed E-state index contributed by atoms with van der Waals surface area (Å²) in [7, 11) is 0. The largest absolute Gasteiger partial charge is 0.507 e. The summed E-state index contributed by atoms with van der Waals surface area (Å²) < 4.78 is 0. The van der Waals surface area contributed by atoms with E-state index in [9.17, 15) is 5.11 Å². The average molecular weight is 319 g/mol. The Bertz CT molecular complexity index is 774. The Kier molecular flexibility index (Phi) is 5.37. The number of H-pyrrole nitrogens is 1. The van der Waals surface area contributed by atoms with Crippen LogP contribution in [-0.4, -0.2) is 10.1 Å². The molecule has 0 saturated carbocycles. The highest BCUT2D eigenvalue weighted by molar-refractivity contribution is 5.76. The number of aromatic nitrogens is 1. The van der Waals surface area contributed by atoms with Gasteiger partial charge >= 0.3 is 0 Å². The van der Waals surface area contributed by atoms with Crippen LogP contribution in [0.2, 0.25) is 0 Å². The fourth-order valence-electron chi connectivity index (χ4n) is 3.14. The summed E-state index contributed by atoms with van der Waals surface area (Å²) in [5.41, 5.74) is 5.56. The normalized spacial score (nSPS) is 10.9. The monoisotopic (exact) mass is 319 g/mol. The van der Waals surface area contributed by atoms with Crippen LogP contribution in [0.5, 0.6) is 5.75 Å². The molecular weight excluding hydrogens is 294 g/mol. The van der Waals surface area contributed by atoms with Crippen LogP contribution in [0, 0.1) is 0 Å². The molecule has 24 heavy (non-hydrogen) atoms. The first-order chi connectivity index (χ1) is 11.8. The van der Waals surface area contributed by atoms with Crippen molar-refractivity contribution in [3.63, 3.8) is 0 Å². The SMILES string of the molecule is CCCCCCc1[nH]c(-c2ccccc2O)cc1-c1ccccc1. The predicted octanol–water partition coefficient (Wildman–Crippen LogP) is 6.18. The number of aryl methyl sites for hydroxylation is 1. The van der Waals surface area contributed by atoms with Crippen LogP contribution in [0.1, 0.15) is 38.3 Å². The number of benzene rings is 2. The van der Waals surface area contributed by atoms with Gasteiger partial charge in [0, 0.05) is 22.5 Å². The van der Waals surface area contributed by atoms with Crippen molar-refractivity contribution in [2.24, 2.45) is 0 Å². The zero-order valence-electron chi connectivity index (χ0n) is 14.3. The Hall–Kier alpha value is -2.48. The fourth-order valence-corrected chi connectivity index (χ4v) is 3.14. The standard InChI is InChI=1S/C22H25NO/c1-2-3-4-8-14-20-19(17-11-6-5-7-12-17)16-21(23-20)18-13-9-10-15-22(18)24/h5-7,9-13,15-16,23-24H,2-4,8,14H2,1H3. The average Bonchev–Trinajstić information content (AvgIpc) is 3.04. The number of rotatable bonds is 7. The van der Waals surface area contributed by atoms with Crippen molar-refractivity contribution in [1.82, 2.24) is 4.98 Å². The number of aromatic hydroxyl groups is 1. The summed E-state index contributed by atoms with van der Waals surface area (Å²) in [5.74, 6) is 0.316. The van der Waals surface area contributed by atoms with E-state index in [1.165, 1.54) is 42.5 Å². The molecule has 124 valence electrons. The molecule has 1 heterocycles. The molecule has 0 bridgehead atoms. The van der Waals surface area contributed by atoms with Crippen LogP contribution in [0.15, 0.2) is 60.7 Å². The second kappa shape index (κ2) is 7.87. The maximum atomic E-state index is 10.2. The van der Waals surface area contributed by atoms with Gasteiger partial charge in [-0.05, 0) is 36.6 Å². The molecule has 3 aromatic rings. The van der Waals surface area contributed by atoms with Gasteiger partial charge in [0.2, 0.25) is 0 Å². The van der Waals surface area contributed by atoms with E-state index < -0.39 is 0 Å². The molecule has 0 saturated heterocycles. The van der Waals surface area contributed by atoms with Crippen molar-refractivity contribution >= 4 is 0 Å². The first-order valence-electron chi connectivity index (χ1n) is 8.85. The molecule has 1 aromatic heterocycles. The van der Waals surface area contributed by atoms with E-state index >= 15 is 0 Å². The highest BCUT2D eigenvalue weighted by Gasteiger charge is 2.13. The lowest BCUT2D eigenvalue weighted by Crippen LogP contribution is -1.90. The molecule has 2 N–H and O–H groups in total. The lowest BCUT2D eigenvalue weighted by molar-refractivity contribution is 0.477. The summed E-state index contributed by atoms with van der Waals surface area (Å²) in [5, 5.41) is 10.2. The molecule has 0 spiro atoms. The van der Waals surface area contributed by atoms with Crippen molar-refractivity contribution in [2.45, 2.75) is 39.0 Å². The van der Waals surface area contributed by atoms with E-state index in [1.807, 2.05) is 24.3 Å². The Morgan fingerprint density at radius 1 is 0.833 bits per heavy atom. The molecule has 0 fully saturated rings. The molecular formula is C22H25NO. The molecule has 2 aromatic carbocycles. The molecule has 0 unspecified atom stereocenters. The van der Waals surface area contributed by atoms with Crippen molar-refractivity contribution in [1.29, 1.82) is 0 Å². The van der Waals surface area contributed by atoms with E-state index in [1.54, 1.807) is 6.07 Å². The highest BCUT2D eigenvalue weighted by atomic mass is 16.3. The zero-order chi connectivity index (χ0) is 16.8. The van der Waals surface area contributed by atoms with Crippen molar-refractivity contribution < 1.29 is 5.11 Å². The number of aromatic amines is 1. The summed E-state index contributed by atoms with van der Waals surface area (Å²) in [6, 6.07) is 20.1. The van der Waals surface area contributed by atoms with Gasteiger partial charge in [0.25, 0.3) is 0 Å². The van der Waals surface area contributed by atoms with Gasteiger partial charge in [0.1, 0.15) is 5.75 Å². The first kappa shape index (κ1) is 16.4. The van der Waals surface area contributed by atoms with E-state index in [4.69, 9.17) is 0 Å². The Labute approximate surface area is 144 Å². The van der Waals surface area contributed by atoms with Gasteiger partial charge in [-0.15, -0.1) is 0 Å². The Morgan fingerprint density at radius 3 is 2.33 bits per heavy atom. The third kappa shape index (κ3) is 3.70. The zero-order valence-corrected chi connectivity index (χ0v) is 14.3. The minimum absolute atomic E-state index is 0.316. The molecule has 0 aliphatic rings. The first-order valence-corrected chi connectivity index (χ1v) is 8.85. The van der Waals surface area contributed by atoms with Crippen LogP contribution in [0.25, 0.3) is 22.4 Å². The molecule has 0 aliphatic heterocycles.